The first-order valence-electron chi connectivity index (χ1n) is 7.86. The topological polar surface area (TPSA) is 15.3 Å². The van der Waals surface area contributed by atoms with E-state index >= 15 is 0 Å². The molecule has 0 amide bonds. The first kappa shape index (κ1) is 15.7. The molecule has 1 aromatic rings. The van der Waals surface area contributed by atoms with Crippen LogP contribution in [0, 0.1) is 11.8 Å². The second-order valence-corrected chi connectivity index (χ2v) is 6.50. The lowest BCUT2D eigenvalue weighted by atomic mass is 9.86. The van der Waals surface area contributed by atoms with Crippen molar-refractivity contribution in [1.29, 1.82) is 0 Å². The third-order valence-electron chi connectivity index (χ3n) is 4.43. The zero-order valence-corrected chi connectivity index (χ0v) is 13.7. The van der Waals surface area contributed by atoms with Crippen LogP contribution in [-0.2, 0) is 6.54 Å². The molecule has 1 aliphatic heterocycles. The Morgan fingerprint density at radius 3 is 2.60 bits per heavy atom. The number of hydrogen-bond donors (Lipinski definition) is 1. The summed E-state index contributed by atoms with van der Waals surface area (Å²) in [5.41, 5.74) is 2.57. The van der Waals surface area contributed by atoms with Gasteiger partial charge in [0.1, 0.15) is 0 Å². The van der Waals surface area contributed by atoms with E-state index in [4.69, 9.17) is 11.6 Å². The lowest BCUT2D eigenvalue weighted by Gasteiger charge is -2.36. The van der Waals surface area contributed by atoms with Gasteiger partial charge in [-0.2, -0.15) is 0 Å². The molecule has 0 aromatic heterocycles. The number of benzene rings is 1. The Morgan fingerprint density at radius 2 is 2.00 bits per heavy atom. The van der Waals surface area contributed by atoms with Crippen molar-refractivity contribution in [3.63, 3.8) is 0 Å². The maximum Gasteiger partial charge on any atom is 0.0642 e. The molecule has 0 unspecified atom stereocenters. The van der Waals surface area contributed by atoms with Gasteiger partial charge in [0.25, 0.3) is 0 Å². The molecule has 2 rings (SSSR count). The van der Waals surface area contributed by atoms with Gasteiger partial charge in [-0.1, -0.05) is 44.5 Å². The van der Waals surface area contributed by atoms with E-state index in [1.807, 2.05) is 6.07 Å². The fourth-order valence-electron chi connectivity index (χ4n) is 3.11. The van der Waals surface area contributed by atoms with Crippen LogP contribution in [0.25, 0.3) is 0 Å². The van der Waals surface area contributed by atoms with Crippen LogP contribution in [0.15, 0.2) is 18.2 Å². The molecule has 0 atom stereocenters. The van der Waals surface area contributed by atoms with E-state index in [1.165, 1.54) is 24.1 Å². The first-order chi connectivity index (χ1) is 9.63. The van der Waals surface area contributed by atoms with Crippen LogP contribution >= 0.6 is 11.6 Å². The molecule has 1 fully saturated rings. The van der Waals surface area contributed by atoms with Crippen molar-refractivity contribution < 1.29 is 0 Å². The monoisotopic (exact) mass is 294 g/mol. The molecule has 0 saturated carbocycles. The molecule has 1 saturated heterocycles. The number of rotatable bonds is 5. The van der Waals surface area contributed by atoms with Gasteiger partial charge < -0.3 is 10.2 Å². The van der Waals surface area contributed by atoms with Crippen LogP contribution in [0.1, 0.15) is 39.2 Å². The van der Waals surface area contributed by atoms with Crippen LogP contribution in [0.3, 0.4) is 0 Å². The van der Waals surface area contributed by atoms with E-state index in [1.54, 1.807) is 0 Å². The summed E-state index contributed by atoms with van der Waals surface area (Å²) in [6.07, 6.45) is 2.56. The van der Waals surface area contributed by atoms with Gasteiger partial charge >= 0.3 is 0 Å². The highest BCUT2D eigenvalue weighted by Gasteiger charge is 2.24. The second-order valence-electron chi connectivity index (χ2n) is 6.10. The highest BCUT2D eigenvalue weighted by Crippen LogP contribution is 2.34. The second kappa shape index (κ2) is 7.33. The molecule has 2 nitrogen and oxygen atoms in total. The lowest BCUT2D eigenvalue weighted by Crippen LogP contribution is -2.36. The molecule has 20 heavy (non-hydrogen) atoms. The number of piperidine rings is 1. The fourth-order valence-corrected chi connectivity index (χ4v) is 3.42. The van der Waals surface area contributed by atoms with E-state index < -0.39 is 0 Å². The highest BCUT2D eigenvalue weighted by atomic mass is 35.5. The third kappa shape index (κ3) is 3.67. The molecule has 1 heterocycles. The molecule has 1 aliphatic rings. The summed E-state index contributed by atoms with van der Waals surface area (Å²) in [6, 6.07) is 6.26. The van der Waals surface area contributed by atoms with Crippen molar-refractivity contribution in [2.75, 3.05) is 24.5 Å². The highest BCUT2D eigenvalue weighted by molar-refractivity contribution is 6.33. The molecular formula is C17H27ClN2. The van der Waals surface area contributed by atoms with E-state index in [0.29, 0.717) is 0 Å². The van der Waals surface area contributed by atoms with Gasteiger partial charge in [-0.25, -0.2) is 0 Å². The Balaban J connectivity index is 2.12. The minimum absolute atomic E-state index is 0.796. The van der Waals surface area contributed by atoms with Gasteiger partial charge in [0.15, 0.2) is 0 Å². The standard InChI is InChI=1S/C17H27ClN2/c1-4-19-12-15-6-5-7-16(18)17(15)20-10-8-14(9-11-20)13(2)3/h5-7,13-14,19H,4,8-12H2,1-3H3. The Labute approximate surface area is 128 Å². The molecule has 1 N–H and O–H groups in total. The minimum atomic E-state index is 0.796. The van der Waals surface area contributed by atoms with Crippen molar-refractivity contribution in [2.45, 2.75) is 40.2 Å². The summed E-state index contributed by atoms with van der Waals surface area (Å²) >= 11 is 6.47. The number of nitrogens with zero attached hydrogens (tertiary/aromatic N) is 1. The predicted molar refractivity (Wildman–Crippen MR) is 88.6 cm³/mol. The summed E-state index contributed by atoms with van der Waals surface area (Å²) in [5, 5.41) is 4.30. The van der Waals surface area contributed by atoms with E-state index in [0.717, 1.165) is 43.0 Å². The average Bonchev–Trinajstić information content (AvgIpc) is 2.45. The Morgan fingerprint density at radius 1 is 1.30 bits per heavy atom. The SMILES string of the molecule is CCNCc1cccc(Cl)c1N1CCC(C(C)C)CC1. The molecule has 112 valence electrons. The first-order valence-corrected chi connectivity index (χ1v) is 8.24. The number of para-hydroxylation sites is 1. The van der Waals surface area contributed by atoms with Crippen molar-refractivity contribution >= 4 is 17.3 Å². The number of halogens is 1. The van der Waals surface area contributed by atoms with Gasteiger partial charge in [-0.15, -0.1) is 0 Å². The zero-order valence-electron chi connectivity index (χ0n) is 13.0. The summed E-state index contributed by atoms with van der Waals surface area (Å²) in [6.45, 7) is 11.0. The van der Waals surface area contributed by atoms with Gasteiger partial charge in [0.05, 0.1) is 10.7 Å². The normalized spacial score (nSPS) is 16.9. The molecular weight excluding hydrogens is 268 g/mol. The van der Waals surface area contributed by atoms with Gasteiger partial charge in [-0.05, 0) is 42.9 Å². The van der Waals surface area contributed by atoms with Crippen molar-refractivity contribution in [3.05, 3.63) is 28.8 Å². The Kier molecular flexibility index (Phi) is 5.74. The summed E-state index contributed by atoms with van der Waals surface area (Å²) < 4.78 is 0. The minimum Gasteiger partial charge on any atom is -0.370 e. The molecule has 0 spiro atoms. The lowest BCUT2D eigenvalue weighted by molar-refractivity contribution is 0.311. The number of hydrogen-bond acceptors (Lipinski definition) is 2. The number of nitrogens with one attached hydrogen (secondary N) is 1. The molecule has 0 aliphatic carbocycles. The van der Waals surface area contributed by atoms with Crippen LogP contribution in [-0.4, -0.2) is 19.6 Å². The van der Waals surface area contributed by atoms with E-state index in [9.17, 15) is 0 Å². The zero-order chi connectivity index (χ0) is 14.5. The fraction of sp³-hybridized carbons (Fsp3) is 0.647. The Hall–Kier alpha value is -0.730. The summed E-state index contributed by atoms with van der Waals surface area (Å²) in [4.78, 5) is 2.48. The van der Waals surface area contributed by atoms with E-state index in [2.05, 4.69) is 43.1 Å². The van der Waals surface area contributed by atoms with Crippen LogP contribution < -0.4 is 10.2 Å². The van der Waals surface area contributed by atoms with Gasteiger partial charge in [0.2, 0.25) is 0 Å². The maximum atomic E-state index is 6.47. The third-order valence-corrected chi connectivity index (χ3v) is 4.74. The number of anilines is 1. The predicted octanol–water partition coefficient (Wildman–Crippen LogP) is 4.32. The molecule has 1 aromatic carbocycles. The summed E-state index contributed by atoms with van der Waals surface area (Å²) in [5.74, 6) is 1.66. The largest absolute Gasteiger partial charge is 0.370 e. The molecule has 3 heteroatoms. The quantitative estimate of drug-likeness (QED) is 0.870. The Bertz CT molecular complexity index is 423. The maximum absolute atomic E-state index is 6.47. The summed E-state index contributed by atoms with van der Waals surface area (Å²) in [7, 11) is 0. The van der Waals surface area contributed by atoms with Crippen LogP contribution in [0.2, 0.25) is 5.02 Å². The average molecular weight is 295 g/mol. The molecule has 0 bridgehead atoms. The van der Waals surface area contributed by atoms with E-state index in [-0.39, 0.29) is 0 Å². The molecule has 0 radical (unpaired) electrons. The van der Waals surface area contributed by atoms with Crippen molar-refractivity contribution in [3.8, 4) is 0 Å². The van der Waals surface area contributed by atoms with Gasteiger partial charge in [-0.3, -0.25) is 0 Å². The smallest absolute Gasteiger partial charge is 0.0642 e. The van der Waals surface area contributed by atoms with Crippen LogP contribution in [0.5, 0.6) is 0 Å². The van der Waals surface area contributed by atoms with Crippen molar-refractivity contribution in [1.82, 2.24) is 5.32 Å². The van der Waals surface area contributed by atoms with Crippen molar-refractivity contribution in [2.24, 2.45) is 11.8 Å². The van der Waals surface area contributed by atoms with Gasteiger partial charge in [0, 0.05) is 19.6 Å². The van der Waals surface area contributed by atoms with Crippen LogP contribution in [0.4, 0.5) is 5.69 Å².